The van der Waals surface area contributed by atoms with Crippen LogP contribution in [0.1, 0.15) is 92.2 Å². The zero-order chi connectivity index (χ0) is 28.5. The van der Waals surface area contributed by atoms with Crippen molar-refractivity contribution < 1.29 is 19.1 Å². The zero-order valence-corrected chi connectivity index (χ0v) is 24.2. The predicted molar refractivity (Wildman–Crippen MR) is 160 cm³/mol. The van der Waals surface area contributed by atoms with E-state index in [9.17, 15) is 9.59 Å². The number of esters is 1. The Morgan fingerprint density at radius 1 is 0.925 bits per heavy atom. The molecule has 0 N–H and O–H groups in total. The Bertz CT molecular complexity index is 1400. The summed E-state index contributed by atoms with van der Waals surface area (Å²) >= 11 is 0. The lowest BCUT2D eigenvalue weighted by molar-refractivity contribution is -0.143. The molecule has 0 amide bonds. The molecule has 1 atom stereocenters. The maximum absolute atomic E-state index is 13.6. The summed E-state index contributed by atoms with van der Waals surface area (Å²) in [5, 5.41) is 0. The number of carbonyl (C=O) groups excluding carboxylic acids is 2. The fourth-order valence-corrected chi connectivity index (χ4v) is 5.14. The van der Waals surface area contributed by atoms with E-state index >= 15 is 0 Å². The van der Waals surface area contributed by atoms with E-state index in [2.05, 4.69) is 45.0 Å². The van der Waals surface area contributed by atoms with Gasteiger partial charge in [-0.15, -0.1) is 0 Å². The molecule has 5 heteroatoms. The Labute approximate surface area is 238 Å². The number of hydrogen-bond acceptors (Lipinski definition) is 4. The van der Waals surface area contributed by atoms with E-state index < -0.39 is 0 Å². The van der Waals surface area contributed by atoms with Crippen LogP contribution < -0.4 is 4.74 Å². The summed E-state index contributed by atoms with van der Waals surface area (Å²) in [7, 11) is 0. The molecule has 0 saturated carbocycles. The first kappa shape index (κ1) is 29.1. The number of pyridine rings is 1. The van der Waals surface area contributed by atoms with E-state index in [1.165, 1.54) is 11.1 Å². The van der Waals surface area contributed by atoms with Crippen molar-refractivity contribution in [1.82, 2.24) is 4.40 Å². The summed E-state index contributed by atoms with van der Waals surface area (Å²) < 4.78 is 13.5. The Morgan fingerprint density at radius 3 is 2.35 bits per heavy atom. The van der Waals surface area contributed by atoms with Crippen LogP contribution in [0.4, 0.5) is 0 Å². The molecule has 0 radical (unpaired) electrons. The second kappa shape index (κ2) is 14.0. The number of nitrogens with zero attached hydrogens (tertiary/aromatic N) is 1. The molecule has 2 heterocycles. The van der Waals surface area contributed by atoms with Crippen molar-refractivity contribution in [2.45, 2.75) is 72.3 Å². The average molecular weight is 540 g/mol. The second-order valence-electron chi connectivity index (χ2n) is 10.8. The van der Waals surface area contributed by atoms with Gasteiger partial charge in [-0.25, -0.2) is 0 Å². The Balaban J connectivity index is 1.48. The Morgan fingerprint density at radius 2 is 1.68 bits per heavy atom. The van der Waals surface area contributed by atoms with Crippen LogP contribution in [0, 0.1) is 5.92 Å². The van der Waals surface area contributed by atoms with Crippen LogP contribution >= 0.6 is 0 Å². The Hall–Kier alpha value is -3.86. The van der Waals surface area contributed by atoms with Crippen LogP contribution in [0.25, 0.3) is 5.52 Å². The molecular weight excluding hydrogens is 498 g/mol. The lowest BCUT2D eigenvalue weighted by Crippen LogP contribution is -2.08. The second-order valence-corrected chi connectivity index (χ2v) is 10.8. The smallest absolute Gasteiger partial charge is 0.305 e. The summed E-state index contributed by atoms with van der Waals surface area (Å²) in [6, 6.07) is 24.0. The van der Waals surface area contributed by atoms with Crippen LogP contribution in [-0.4, -0.2) is 22.8 Å². The van der Waals surface area contributed by atoms with Crippen molar-refractivity contribution >= 4 is 17.3 Å². The molecule has 40 heavy (non-hydrogen) atoms. The normalized spacial score (nSPS) is 12.0. The molecule has 0 aliphatic rings. The minimum absolute atomic E-state index is 0.0299. The molecule has 0 spiro atoms. The van der Waals surface area contributed by atoms with Crippen molar-refractivity contribution in [1.29, 1.82) is 0 Å². The molecule has 4 rings (SSSR count). The monoisotopic (exact) mass is 539 g/mol. The minimum Gasteiger partial charge on any atom is -0.486 e. The number of ether oxygens (including phenoxy) is 2. The van der Waals surface area contributed by atoms with Gasteiger partial charge in [-0.2, -0.15) is 0 Å². The van der Waals surface area contributed by atoms with Gasteiger partial charge in [0.05, 0.1) is 12.1 Å². The summed E-state index contributed by atoms with van der Waals surface area (Å²) in [4.78, 5) is 25.3. The molecule has 2 aromatic carbocycles. The first-order valence-corrected chi connectivity index (χ1v) is 14.5. The third-order valence-corrected chi connectivity index (χ3v) is 7.06. The molecular formula is C35H41NO4. The predicted octanol–water partition coefficient (Wildman–Crippen LogP) is 8.17. The largest absolute Gasteiger partial charge is 0.486 e. The van der Waals surface area contributed by atoms with Crippen molar-refractivity contribution in [3.8, 4) is 5.75 Å². The Kier molecular flexibility index (Phi) is 10.2. The van der Waals surface area contributed by atoms with Gasteiger partial charge in [-0.3, -0.25) is 9.59 Å². The lowest BCUT2D eigenvalue weighted by Gasteiger charge is -2.20. The van der Waals surface area contributed by atoms with E-state index in [-0.39, 0.29) is 17.9 Å². The number of carbonyl (C=O) groups is 2. The first-order valence-electron chi connectivity index (χ1n) is 14.5. The van der Waals surface area contributed by atoms with Gasteiger partial charge in [0.1, 0.15) is 11.9 Å². The summed E-state index contributed by atoms with van der Waals surface area (Å²) in [6.45, 7) is 8.83. The molecule has 2 aromatic heterocycles. The first-order chi connectivity index (χ1) is 19.4. The SMILES string of the molecule is CCC[C@@H](Oc1ccc(C(=O)c2cc(CCCC(=O)OCC)n3ccccc23)cc1)c1ccc(CC(C)C)cc1. The maximum atomic E-state index is 13.6. The zero-order valence-electron chi connectivity index (χ0n) is 24.2. The fraction of sp³-hybridized carbons (Fsp3) is 0.371. The van der Waals surface area contributed by atoms with Gasteiger partial charge < -0.3 is 13.9 Å². The van der Waals surface area contributed by atoms with Crippen molar-refractivity contribution in [3.63, 3.8) is 0 Å². The average Bonchev–Trinajstić information content (AvgIpc) is 3.32. The minimum atomic E-state index is -0.189. The fourth-order valence-electron chi connectivity index (χ4n) is 5.14. The number of rotatable bonds is 14. The van der Waals surface area contributed by atoms with E-state index in [1.807, 2.05) is 66.1 Å². The van der Waals surface area contributed by atoms with E-state index in [0.29, 0.717) is 42.9 Å². The van der Waals surface area contributed by atoms with E-state index in [1.54, 1.807) is 0 Å². The molecule has 0 aliphatic carbocycles. The molecule has 0 fully saturated rings. The highest BCUT2D eigenvalue weighted by molar-refractivity contribution is 6.13. The van der Waals surface area contributed by atoms with Crippen molar-refractivity contribution in [2.24, 2.45) is 5.92 Å². The lowest BCUT2D eigenvalue weighted by atomic mass is 9.99. The van der Waals surface area contributed by atoms with Crippen LogP contribution in [0.5, 0.6) is 5.75 Å². The quantitative estimate of drug-likeness (QED) is 0.120. The van der Waals surface area contributed by atoms with Gasteiger partial charge >= 0.3 is 5.97 Å². The van der Waals surface area contributed by atoms with Gasteiger partial charge in [0, 0.05) is 29.4 Å². The number of aryl methyl sites for hydroxylation is 1. The third-order valence-electron chi connectivity index (χ3n) is 7.06. The number of hydrogen-bond donors (Lipinski definition) is 0. The number of fused-ring (bicyclic) bond motifs is 1. The highest BCUT2D eigenvalue weighted by Crippen LogP contribution is 2.28. The number of aromatic nitrogens is 1. The summed E-state index contributed by atoms with van der Waals surface area (Å²) in [5.41, 5.74) is 5.66. The van der Waals surface area contributed by atoms with Crippen LogP contribution in [0.3, 0.4) is 0 Å². The van der Waals surface area contributed by atoms with Crippen molar-refractivity contribution in [2.75, 3.05) is 6.61 Å². The topological polar surface area (TPSA) is 57.0 Å². The maximum Gasteiger partial charge on any atom is 0.305 e. The van der Waals surface area contributed by atoms with Gasteiger partial charge in [-0.1, -0.05) is 57.5 Å². The van der Waals surface area contributed by atoms with Crippen LogP contribution in [0.2, 0.25) is 0 Å². The molecule has 0 aliphatic heterocycles. The molecule has 210 valence electrons. The highest BCUT2D eigenvalue weighted by Gasteiger charge is 2.18. The van der Waals surface area contributed by atoms with Gasteiger partial charge in [-0.05, 0) is 92.1 Å². The molecule has 0 saturated heterocycles. The number of ketones is 1. The highest BCUT2D eigenvalue weighted by atomic mass is 16.5. The van der Waals surface area contributed by atoms with Crippen molar-refractivity contribution in [3.05, 3.63) is 107 Å². The third kappa shape index (κ3) is 7.41. The van der Waals surface area contributed by atoms with Crippen LogP contribution in [0.15, 0.2) is 79.0 Å². The molecule has 5 nitrogen and oxygen atoms in total. The van der Waals surface area contributed by atoms with Gasteiger partial charge in [0.2, 0.25) is 0 Å². The summed E-state index contributed by atoms with van der Waals surface area (Å²) in [6.07, 6.45) is 6.64. The molecule has 0 unspecified atom stereocenters. The molecule has 0 bridgehead atoms. The number of benzene rings is 2. The van der Waals surface area contributed by atoms with Gasteiger partial charge in [0.25, 0.3) is 0 Å². The summed E-state index contributed by atoms with van der Waals surface area (Å²) in [5.74, 6) is 1.16. The van der Waals surface area contributed by atoms with E-state index in [4.69, 9.17) is 9.47 Å². The standard InChI is InChI=1S/C35H41NO4/c1-5-10-33(27-16-14-26(15-17-27)23-25(3)4)40-30-20-18-28(19-21-30)35(38)31-24-29(11-9-13-34(37)39-6-2)36-22-8-7-12-32(31)36/h7-8,12,14-22,24-25,33H,5-6,9-11,13,23H2,1-4H3/t33-/m1/s1. The van der Waals surface area contributed by atoms with E-state index in [0.717, 1.165) is 36.2 Å². The van der Waals surface area contributed by atoms with Gasteiger partial charge in [0.15, 0.2) is 5.78 Å². The van der Waals surface area contributed by atoms with Crippen LogP contribution in [-0.2, 0) is 22.4 Å². The molecule has 4 aromatic rings.